The Bertz CT molecular complexity index is 368. The van der Waals surface area contributed by atoms with Gasteiger partial charge in [0.1, 0.15) is 5.76 Å². The van der Waals surface area contributed by atoms with Crippen LogP contribution < -0.4 is 5.32 Å². The molecule has 2 unspecified atom stereocenters. The lowest BCUT2D eigenvalue weighted by atomic mass is 9.88. The zero-order valence-electron chi connectivity index (χ0n) is 11.2. The van der Waals surface area contributed by atoms with Crippen LogP contribution in [-0.4, -0.2) is 18.2 Å². The number of rotatable bonds is 3. The van der Waals surface area contributed by atoms with E-state index >= 15 is 0 Å². The molecule has 0 radical (unpaired) electrons. The van der Waals surface area contributed by atoms with Crippen LogP contribution >= 0.6 is 0 Å². The first-order valence-electron chi connectivity index (χ1n) is 7.21. The minimum absolute atomic E-state index is 0.193. The zero-order valence-corrected chi connectivity index (χ0v) is 11.2. The van der Waals surface area contributed by atoms with Gasteiger partial charge in [0.2, 0.25) is 0 Å². The second-order valence-electron chi connectivity index (χ2n) is 5.83. The molecule has 3 rings (SSSR count). The fraction of sp³-hybridized carbons (Fsp3) is 0.733. The molecule has 0 amide bonds. The first kappa shape index (κ1) is 12.2. The van der Waals surface area contributed by atoms with Crippen molar-refractivity contribution in [2.45, 2.75) is 63.1 Å². The van der Waals surface area contributed by atoms with Crippen molar-refractivity contribution >= 4 is 0 Å². The van der Waals surface area contributed by atoms with E-state index in [0.29, 0.717) is 12.1 Å². The first-order chi connectivity index (χ1) is 8.77. The molecule has 1 aromatic rings. The predicted octanol–water partition coefficient (Wildman–Crippen LogP) is 3.42. The lowest BCUT2D eigenvalue weighted by molar-refractivity contribution is -0.0848. The molecule has 1 aliphatic carbocycles. The molecule has 2 atom stereocenters. The SMILES string of the molecule is CC(NC1CCOC2(CCCC2)C1)c1ccco1. The molecule has 0 bridgehead atoms. The highest BCUT2D eigenvalue weighted by atomic mass is 16.5. The smallest absolute Gasteiger partial charge is 0.120 e. The molecule has 1 saturated heterocycles. The van der Waals surface area contributed by atoms with E-state index in [4.69, 9.17) is 9.15 Å². The molecule has 1 spiro atoms. The third kappa shape index (κ3) is 2.47. The summed E-state index contributed by atoms with van der Waals surface area (Å²) in [5.74, 6) is 1.03. The molecular weight excluding hydrogens is 226 g/mol. The maximum absolute atomic E-state index is 6.07. The second kappa shape index (κ2) is 5.06. The van der Waals surface area contributed by atoms with E-state index in [1.807, 2.05) is 12.1 Å². The van der Waals surface area contributed by atoms with Crippen molar-refractivity contribution in [2.24, 2.45) is 0 Å². The van der Waals surface area contributed by atoms with E-state index < -0.39 is 0 Å². The van der Waals surface area contributed by atoms with Crippen LogP contribution in [0.1, 0.15) is 57.3 Å². The lowest BCUT2D eigenvalue weighted by Crippen LogP contribution is -2.46. The molecule has 2 fully saturated rings. The van der Waals surface area contributed by atoms with E-state index in [0.717, 1.165) is 25.2 Å². The van der Waals surface area contributed by atoms with Gasteiger partial charge in [0.25, 0.3) is 0 Å². The Labute approximate surface area is 109 Å². The van der Waals surface area contributed by atoms with Gasteiger partial charge in [0.15, 0.2) is 0 Å². The van der Waals surface area contributed by atoms with Crippen LogP contribution in [-0.2, 0) is 4.74 Å². The van der Waals surface area contributed by atoms with Crippen LogP contribution in [0, 0.1) is 0 Å². The third-order valence-corrected chi connectivity index (χ3v) is 4.46. The Morgan fingerprint density at radius 2 is 2.22 bits per heavy atom. The monoisotopic (exact) mass is 249 g/mol. The summed E-state index contributed by atoms with van der Waals surface area (Å²) < 4.78 is 11.5. The number of nitrogens with one attached hydrogen (secondary N) is 1. The quantitative estimate of drug-likeness (QED) is 0.891. The maximum Gasteiger partial charge on any atom is 0.120 e. The minimum atomic E-state index is 0.193. The van der Waals surface area contributed by atoms with Gasteiger partial charge in [-0.25, -0.2) is 0 Å². The molecule has 2 aliphatic rings. The van der Waals surface area contributed by atoms with Crippen molar-refractivity contribution < 1.29 is 9.15 Å². The number of hydrogen-bond acceptors (Lipinski definition) is 3. The van der Waals surface area contributed by atoms with Gasteiger partial charge in [-0.1, -0.05) is 12.8 Å². The largest absolute Gasteiger partial charge is 0.468 e. The summed E-state index contributed by atoms with van der Waals surface area (Å²) in [6, 6.07) is 4.86. The highest BCUT2D eigenvalue weighted by Gasteiger charge is 2.40. The third-order valence-electron chi connectivity index (χ3n) is 4.46. The Kier molecular flexibility index (Phi) is 3.44. The topological polar surface area (TPSA) is 34.4 Å². The van der Waals surface area contributed by atoms with Crippen LogP contribution in [0.2, 0.25) is 0 Å². The predicted molar refractivity (Wildman–Crippen MR) is 70.4 cm³/mol. The highest BCUT2D eigenvalue weighted by molar-refractivity contribution is 5.04. The Morgan fingerprint density at radius 3 is 2.94 bits per heavy atom. The van der Waals surface area contributed by atoms with E-state index in [-0.39, 0.29) is 5.60 Å². The molecule has 3 heteroatoms. The summed E-state index contributed by atoms with van der Waals surface area (Å²) in [6.07, 6.45) is 9.20. The highest BCUT2D eigenvalue weighted by Crippen LogP contribution is 2.40. The Hall–Kier alpha value is -0.800. The number of furan rings is 1. The molecule has 3 nitrogen and oxygen atoms in total. The van der Waals surface area contributed by atoms with Crippen molar-refractivity contribution in [1.82, 2.24) is 5.32 Å². The molecule has 0 aromatic carbocycles. The summed E-state index contributed by atoms with van der Waals surface area (Å²) in [5, 5.41) is 3.70. The van der Waals surface area contributed by atoms with Crippen LogP contribution in [0.4, 0.5) is 0 Å². The molecule has 100 valence electrons. The zero-order chi connectivity index (χ0) is 12.4. The van der Waals surface area contributed by atoms with Gasteiger partial charge in [0.05, 0.1) is 17.9 Å². The van der Waals surface area contributed by atoms with E-state index in [1.54, 1.807) is 6.26 Å². The molecule has 1 aromatic heterocycles. The number of ether oxygens (including phenoxy) is 1. The second-order valence-corrected chi connectivity index (χ2v) is 5.83. The molecule has 18 heavy (non-hydrogen) atoms. The number of hydrogen-bond donors (Lipinski definition) is 1. The van der Waals surface area contributed by atoms with Crippen LogP contribution in [0.15, 0.2) is 22.8 Å². The van der Waals surface area contributed by atoms with Gasteiger partial charge in [-0.15, -0.1) is 0 Å². The van der Waals surface area contributed by atoms with Gasteiger partial charge in [0, 0.05) is 12.6 Å². The Morgan fingerprint density at radius 1 is 1.39 bits per heavy atom. The van der Waals surface area contributed by atoms with Crippen molar-refractivity contribution in [2.75, 3.05) is 6.61 Å². The average molecular weight is 249 g/mol. The summed E-state index contributed by atoms with van der Waals surface area (Å²) >= 11 is 0. The van der Waals surface area contributed by atoms with Crippen molar-refractivity contribution in [3.63, 3.8) is 0 Å². The summed E-state index contributed by atoms with van der Waals surface area (Å²) in [5.41, 5.74) is 0.193. The summed E-state index contributed by atoms with van der Waals surface area (Å²) in [7, 11) is 0. The van der Waals surface area contributed by atoms with Gasteiger partial charge in [-0.3, -0.25) is 0 Å². The van der Waals surface area contributed by atoms with Crippen molar-refractivity contribution in [3.8, 4) is 0 Å². The standard InChI is InChI=1S/C15H23NO2/c1-12(14-5-4-9-17-14)16-13-6-10-18-15(11-13)7-2-3-8-15/h4-5,9,12-13,16H,2-3,6-8,10-11H2,1H3. The maximum atomic E-state index is 6.07. The normalized spacial score (nSPS) is 28.6. The van der Waals surface area contributed by atoms with Gasteiger partial charge in [-0.05, 0) is 44.7 Å². The van der Waals surface area contributed by atoms with Gasteiger partial charge >= 0.3 is 0 Å². The fourth-order valence-electron chi connectivity index (χ4n) is 3.51. The molecular formula is C15H23NO2. The van der Waals surface area contributed by atoms with Crippen molar-refractivity contribution in [3.05, 3.63) is 24.2 Å². The molecule has 1 N–H and O–H groups in total. The average Bonchev–Trinajstić information content (AvgIpc) is 3.01. The fourth-order valence-corrected chi connectivity index (χ4v) is 3.51. The van der Waals surface area contributed by atoms with Crippen LogP contribution in [0.3, 0.4) is 0 Å². The first-order valence-corrected chi connectivity index (χ1v) is 7.21. The minimum Gasteiger partial charge on any atom is -0.468 e. The van der Waals surface area contributed by atoms with E-state index in [2.05, 4.69) is 12.2 Å². The molecule has 1 aliphatic heterocycles. The van der Waals surface area contributed by atoms with Gasteiger partial charge < -0.3 is 14.5 Å². The molecule has 2 heterocycles. The summed E-state index contributed by atoms with van der Waals surface area (Å²) in [6.45, 7) is 3.08. The Balaban J connectivity index is 1.59. The summed E-state index contributed by atoms with van der Waals surface area (Å²) in [4.78, 5) is 0. The van der Waals surface area contributed by atoms with E-state index in [1.165, 1.54) is 25.7 Å². The molecule has 1 saturated carbocycles. The van der Waals surface area contributed by atoms with E-state index in [9.17, 15) is 0 Å². The van der Waals surface area contributed by atoms with Crippen LogP contribution in [0.25, 0.3) is 0 Å². The van der Waals surface area contributed by atoms with Crippen molar-refractivity contribution in [1.29, 1.82) is 0 Å². The van der Waals surface area contributed by atoms with Gasteiger partial charge in [-0.2, -0.15) is 0 Å². The van der Waals surface area contributed by atoms with Crippen LogP contribution in [0.5, 0.6) is 0 Å². The lowest BCUT2D eigenvalue weighted by Gasteiger charge is -2.39.